The summed E-state index contributed by atoms with van der Waals surface area (Å²) in [5.74, 6) is 0.754. The summed E-state index contributed by atoms with van der Waals surface area (Å²) in [4.78, 5) is 21.6. The number of benzene rings is 1. The fourth-order valence-corrected chi connectivity index (χ4v) is 3.95. The number of hydrogen-bond acceptors (Lipinski definition) is 5. The van der Waals surface area contributed by atoms with E-state index in [4.69, 9.17) is 0 Å². The highest BCUT2D eigenvalue weighted by Gasteiger charge is 2.16. The predicted molar refractivity (Wildman–Crippen MR) is 88.1 cm³/mol. The molecule has 1 aliphatic carbocycles. The standard InChI is InChI=1S/C16H16N4OS/c1-20-13-7-6-10(9-21)8-12(13)17-15(20)19-16-18-11-4-2-3-5-14(11)22-16/h6-9H,2-5H2,1H3,(H,17,18,19). The lowest BCUT2D eigenvalue weighted by Gasteiger charge is -2.06. The van der Waals surface area contributed by atoms with Crippen LogP contribution in [0.15, 0.2) is 18.2 Å². The van der Waals surface area contributed by atoms with Gasteiger partial charge in [-0.15, -0.1) is 11.3 Å². The van der Waals surface area contributed by atoms with E-state index in [1.165, 1.54) is 23.4 Å². The van der Waals surface area contributed by atoms with Gasteiger partial charge in [0.25, 0.3) is 0 Å². The van der Waals surface area contributed by atoms with Gasteiger partial charge >= 0.3 is 0 Å². The third-order valence-corrected chi connectivity index (χ3v) is 5.18. The van der Waals surface area contributed by atoms with E-state index in [-0.39, 0.29) is 0 Å². The maximum atomic E-state index is 10.9. The smallest absolute Gasteiger partial charge is 0.209 e. The summed E-state index contributed by atoms with van der Waals surface area (Å²) in [5, 5.41) is 4.23. The van der Waals surface area contributed by atoms with Crippen molar-refractivity contribution >= 4 is 39.7 Å². The first-order chi connectivity index (χ1) is 10.7. The maximum absolute atomic E-state index is 10.9. The molecule has 0 atom stereocenters. The zero-order valence-electron chi connectivity index (χ0n) is 12.3. The van der Waals surface area contributed by atoms with Crippen molar-refractivity contribution in [1.29, 1.82) is 0 Å². The molecule has 0 saturated carbocycles. The van der Waals surface area contributed by atoms with Gasteiger partial charge < -0.3 is 9.88 Å². The Bertz CT molecular complexity index is 841. The summed E-state index contributed by atoms with van der Waals surface area (Å²) in [5.41, 5.74) is 3.69. The van der Waals surface area contributed by atoms with Gasteiger partial charge in [-0.25, -0.2) is 9.97 Å². The molecule has 0 spiro atoms. The van der Waals surface area contributed by atoms with Crippen molar-refractivity contribution in [3.63, 3.8) is 0 Å². The van der Waals surface area contributed by atoms with Crippen LogP contribution in [-0.4, -0.2) is 20.8 Å². The second-order valence-corrected chi connectivity index (χ2v) is 6.67. The average Bonchev–Trinajstić information content (AvgIpc) is 3.08. The van der Waals surface area contributed by atoms with Gasteiger partial charge in [-0.05, 0) is 43.9 Å². The first kappa shape index (κ1) is 13.5. The van der Waals surface area contributed by atoms with Crippen LogP contribution in [0, 0.1) is 0 Å². The van der Waals surface area contributed by atoms with E-state index in [2.05, 4.69) is 15.3 Å². The Labute approximate surface area is 132 Å². The molecule has 112 valence electrons. The van der Waals surface area contributed by atoms with E-state index >= 15 is 0 Å². The minimum atomic E-state index is 0.641. The molecule has 0 aliphatic heterocycles. The number of aromatic nitrogens is 3. The van der Waals surface area contributed by atoms with Gasteiger partial charge in [-0.2, -0.15) is 0 Å². The van der Waals surface area contributed by atoms with Crippen LogP contribution in [0.3, 0.4) is 0 Å². The third-order valence-electron chi connectivity index (χ3n) is 4.11. The van der Waals surface area contributed by atoms with Crippen LogP contribution in [0.1, 0.15) is 33.8 Å². The number of aldehydes is 1. The highest BCUT2D eigenvalue weighted by atomic mass is 32.1. The Hall–Kier alpha value is -2.21. The van der Waals surface area contributed by atoms with Crippen molar-refractivity contribution in [3.8, 4) is 0 Å². The number of fused-ring (bicyclic) bond motifs is 2. The molecule has 5 nitrogen and oxygen atoms in total. The summed E-state index contributed by atoms with van der Waals surface area (Å²) < 4.78 is 1.99. The number of aryl methyl sites for hydroxylation is 3. The number of nitrogens with one attached hydrogen (secondary N) is 1. The fourth-order valence-electron chi connectivity index (χ4n) is 2.90. The van der Waals surface area contributed by atoms with Crippen molar-refractivity contribution in [2.45, 2.75) is 25.7 Å². The van der Waals surface area contributed by atoms with Gasteiger partial charge in [0.1, 0.15) is 6.29 Å². The molecule has 3 aromatic rings. The topological polar surface area (TPSA) is 59.8 Å². The lowest BCUT2D eigenvalue weighted by atomic mass is 10.0. The number of hydrogen-bond donors (Lipinski definition) is 1. The fraction of sp³-hybridized carbons (Fsp3) is 0.312. The number of anilines is 2. The summed E-state index contributed by atoms with van der Waals surface area (Å²) in [7, 11) is 1.96. The van der Waals surface area contributed by atoms with Crippen LogP contribution in [0.25, 0.3) is 11.0 Å². The van der Waals surface area contributed by atoms with Crippen LogP contribution >= 0.6 is 11.3 Å². The van der Waals surface area contributed by atoms with Crippen molar-refractivity contribution in [3.05, 3.63) is 34.3 Å². The minimum Gasteiger partial charge on any atom is -0.313 e. The van der Waals surface area contributed by atoms with Gasteiger partial charge in [-0.1, -0.05) is 0 Å². The molecule has 0 bridgehead atoms. The van der Waals surface area contributed by atoms with Gasteiger partial charge in [-0.3, -0.25) is 4.79 Å². The molecule has 1 N–H and O–H groups in total. The summed E-state index contributed by atoms with van der Waals surface area (Å²) in [6.07, 6.45) is 5.56. The Morgan fingerprint density at radius 3 is 2.95 bits per heavy atom. The molecular formula is C16H16N4OS. The lowest BCUT2D eigenvalue weighted by molar-refractivity contribution is 0.112. The molecule has 0 fully saturated rings. The molecular weight excluding hydrogens is 296 g/mol. The third kappa shape index (κ3) is 2.20. The van der Waals surface area contributed by atoms with E-state index in [1.807, 2.05) is 23.7 Å². The van der Waals surface area contributed by atoms with Crippen molar-refractivity contribution in [2.75, 3.05) is 5.32 Å². The maximum Gasteiger partial charge on any atom is 0.209 e. The zero-order chi connectivity index (χ0) is 15.1. The van der Waals surface area contributed by atoms with Crippen molar-refractivity contribution in [1.82, 2.24) is 14.5 Å². The molecule has 22 heavy (non-hydrogen) atoms. The normalized spacial score (nSPS) is 14.0. The average molecular weight is 312 g/mol. The Balaban J connectivity index is 1.70. The summed E-state index contributed by atoms with van der Waals surface area (Å²) in [6, 6.07) is 5.54. The van der Waals surface area contributed by atoms with E-state index < -0.39 is 0 Å². The molecule has 0 unspecified atom stereocenters. The number of rotatable bonds is 3. The van der Waals surface area contributed by atoms with E-state index in [1.54, 1.807) is 17.4 Å². The molecule has 0 saturated heterocycles. The molecule has 1 aliphatic rings. The van der Waals surface area contributed by atoms with Crippen LogP contribution in [0.2, 0.25) is 0 Å². The van der Waals surface area contributed by atoms with Crippen LogP contribution in [0.4, 0.5) is 11.1 Å². The number of carbonyl (C=O) groups is 1. The first-order valence-electron chi connectivity index (χ1n) is 7.42. The highest BCUT2D eigenvalue weighted by Crippen LogP contribution is 2.31. The molecule has 6 heteroatoms. The van der Waals surface area contributed by atoms with E-state index in [0.29, 0.717) is 5.56 Å². The summed E-state index contributed by atoms with van der Waals surface area (Å²) >= 11 is 1.72. The van der Waals surface area contributed by atoms with Gasteiger partial charge in [0, 0.05) is 17.5 Å². The SMILES string of the molecule is Cn1c(Nc2nc3c(s2)CCCC3)nc2cc(C=O)ccc21. The van der Waals surface area contributed by atoms with Crippen LogP contribution in [-0.2, 0) is 19.9 Å². The number of thiazole rings is 1. The monoisotopic (exact) mass is 312 g/mol. The molecule has 2 aromatic heterocycles. The summed E-state index contributed by atoms with van der Waals surface area (Å²) in [6.45, 7) is 0. The highest BCUT2D eigenvalue weighted by molar-refractivity contribution is 7.15. The molecule has 4 rings (SSSR count). The van der Waals surface area contributed by atoms with Crippen LogP contribution in [0.5, 0.6) is 0 Å². The van der Waals surface area contributed by atoms with Gasteiger partial charge in [0.05, 0.1) is 16.7 Å². The lowest BCUT2D eigenvalue weighted by Crippen LogP contribution is -2.00. The number of nitrogens with zero attached hydrogens (tertiary/aromatic N) is 3. The van der Waals surface area contributed by atoms with Crippen molar-refractivity contribution < 1.29 is 4.79 Å². The molecule has 1 aromatic carbocycles. The quantitative estimate of drug-likeness (QED) is 0.752. The zero-order valence-corrected chi connectivity index (χ0v) is 13.1. The minimum absolute atomic E-state index is 0.641. The second-order valence-electron chi connectivity index (χ2n) is 5.58. The Kier molecular flexibility index (Phi) is 3.18. The number of imidazole rings is 1. The Morgan fingerprint density at radius 1 is 1.27 bits per heavy atom. The van der Waals surface area contributed by atoms with Crippen molar-refractivity contribution in [2.24, 2.45) is 7.05 Å². The predicted octanol–water partition coefficient (Wildman–Crippen LogP) is 3.46. The molecule has 0 amide bonds. The number of carbonyl (C=O) groups excluding carboxylic acids is 1. The first-order valence-corrected chi connectivity index (χ1v) is 8.23. The molecule has 2 heterocycles. The van der Waals surface area contributed by atoms with Gasteiger partial charge in [0.15, 0.2) is 5.13 Å². The van der Waals surface area contributed by atoms with E-state index in [0.717, 1.165) is 41.2 Å². The van der Waals surface area contributed by atoms with Crippen LogP contribution < -0.4 is 5.32 Å². The van der Waals surface area contributed by atoms with Gasteiger partial charge in [0.2, 0.25) is 5.95 Å². The van der Waals surface area contributed by atoms with E-state index in [9.17, 15) is 4.79 Å². The molecule has 0 radical (unpaired) electrons. The largest absolute Gasteiger partial charge is 0.313 e. The Morgan fingerprint density at radius 2 is 2.14 bits per heavy atom. The second kappa shape index (κ2) is 5.21.